The second-order valence-corrected chi connectivity index (χ2v) is 5.47. The first-order valence-electron chi connectivity index (χ1n) is 6.59. The van der Waals surface area contributed by atoms with Crippen LogP contribution in [0.25, 0.3) is 0 Å². The van der Waals surface area contributed by atoms with Gasteiger partial charge in [0.25, 0.3) is 0 Å². The quantitative estimate of drug-likeness (QED) is 0.839. The first-order chi connectivity index (χ1) is 8.47. The van der Waals surface area contributed by atoms with Crippen LogP contribution < -0.4 is 10.1 Å². The fourth-order valence-corrected chi connectivity index (χ4v) is 1.98. The van der Waals surface area contributed by atoms with Gasteiger partial charge in [0.2, 0.25) is 0 Å². The van der Waals surface area contributed by atoms with Gasteiger partial charge in [-0.1, -0.05) is 32.4 Å². The first kappa shape index (κ1) is 15.3. The molecule has 0 aliphatic carbocycles. The molecule has 0 saturated heterocycles. The molecule has 0 spiro atoms. The fraction of sp³-hybridized carbons (Fsp3) is 0.600. The second-order valence-electron chi connectivity index (χ2n) is 5.09. The van der Waals surface area contributed by atoms with Crippen LogP contribution in [0.4, 0.5) is 0 Å². The molecule has 0 unspecified atom stereocenters. The molecule has 102 valence electrons. The molecule has 1 N–H and O–H groups in total. The average molecular weight is 270 g/mol. The molecule has 0 aliphatic rings. The maximum absolute atomic E-state index is 6.31. The van der Waals surface area contributed by atoms with Crippen molar-refractivity contribution in [3.8, 4) is 5.75 Å². The third-order valence-electron chi connectivity index (χ3n) is 2.90. The van der Waals surface area contributed by atoms with E-state index in [0.29, 0.717) is 5.92 Å². The molecule has 0 amide bonds. The van der Waals surface area contributed by atoms with E-state index in [1.807, 2.05) is 13.0 Å². The van der Waals surface area contributed by atoms with Gasteiger partial charge in [-0.3, -0.25) is 0 Å². The van der Waals surface area contributed by atoms with E-state index < -0.39 is 0 Å². The van der Waals surface area contributed by atoms with E-state index in [4.69, 9.17) is 16.3 Å². The lowest BCUT2D eigenvalue weighted by Crippen LogP contribution is -2.15. The highest BCUT2D eigenvalue weighted by Crippen LogP contribution is 2.31. The molecule has 0 radical (unpaired) electrons. The number of hydrogen-bond donors (Lipinski definition) is 1. The van der Waals surface area contributed by atoms with Gasteiger partial charge in [0, 0.05) is 17.1 Å². The van der Waals surface area contributed by atoms with E-state index in [1.165, 1.54) is 5.56 Å². The molecule has 0 aliphatic heterocycles. The van der Waals surface area contributed by atoms with Gasteiger partial charge in [-0.25, -0.2) is 0 Å². The summed E-state index contributed by atoms with van der Waals surface area (Å²) in [6.07, 6.45) is 0. The molecule has 3 heteroatoms. The maximum atomic E-state index is 6.31. The van der Waals surface area contributed by atoms with Crippen LogP contribution in [0.15, 0.2) is 6.07 Å². The normalized spacial score (nSPS) is 11.1. The van der Waals surface area contributed by atoms with Crippen molar-refractivity contribution >= 4 is 11.6 Å². The Bertz CT molecular complexity index is 402. The topological polar surface area (TPSA) is 21.3 Å². The van der Waals surface area contributed by atoms with Gasteiger partial charge in [-0.15, -0.1) is 0 Å². The summed E-state index contributed by atoms with van der Waals surface area (Å²) in [4.78, 5) is 0. The third-order valence-corrected chi connectivity index (χ3v) is 3.48. The number of hydrogen-bond acceptors (Lipinski definition) is 2. The molecule has 1 aromatic rings. The second kappa shape index (κ2) is 7.01. The zero-order valence-corrected chi connectivity index (χ0v) is 12.8. The molecule has 0 heterocycles. The fourth-order valence-electron chi connectivity index (χ4n) is 1.82. The predicted octanol–water partition coefficient (Wildman–Crippen LogP) is 4.10. The minimum Gasteiger partial charge on any atom is -0.493 e. The van der Waals surface area contributed by atoms with E-state index in [-0.39, 0.29) is 0 Å². The van der Waals surface area contributed by atoms with Gasteiger partial charge in [0.15, 0.2) is 0 Å². The van der Waals surface area contributed by atoms with Crippen LogP contribution in [-0.4, -0.2) is 13.2 Å². The summed E-state index contributed by atoms with van der Waals surface area (Å²) in [5, 5.41) is 4.19. The summed E-state index contributed by atoms with van der Waals surface area (Å²) in [6, 6.07) is 2.05. The Kier molecular flexibility index (Phi) is 5.97. The van der Waals surface area contributed by atoms with Crippen molar-refractivity contribution in [3.05, 3.63) is 27.8 Å². The van der Waals surface area contributed by atoms with E-state index in [0.717, 1.165) is 41.6 Å². The van der Waals surface area contributed by atoms with Gasteiger partial charge < -0.3 is 10.1 Å². The smallest absolute Gasteiger partial charge is 0.124 e. The van der Waals surface area contributed by atoms with Crippen LogP contribution in [0.5, 0.6) is 5.75 Å². The maximum Gasteiger partial charge on any atom is 0.124 e. The Morgan fingerprint density at radius 2 is 2.00 bits per heavy atom. The zero-order chi connectivity index (χ0) is 13.7. The molecule has 0 fully saturated rings. The zero-order valence-electron chi connectivity index (χ0n) is 12.1. The van der Waals surface area contributed by atoms with Crippen LogP contribution in [-0.2, 0) is 6.54 Å². The van der Waals surface area contributed by atoms with E-state index in [9.17, 15) is 0 Å². The molecule has 0 aromatic heterocycles. The summed E-state index contributed by atoms with van der Waals surface area (Å²) in [5.74, 6) is 1.48. The van der Waals surface area contributed by atoms with Gasteiger partial charge in [-0.05, 0) is 43.5 Å². The van der Waals surface area contributed by atoms with Gasteiger partial charge in [-0.2, -0.15) is 0 Å². The molecule has 0 atom stereocenters. The van der Waals surface area contributed by atoms with Crippen molar-refractivity contribution < 1.29 is 4.74 Å². The molecular formula is C15H24ClNO. The molecule has 0 saturated carbocycles. The summed E-state index contributed by atoms with van der Waals surface area (Å²) in [7, 11) is 0. The van der Waals surface area contributed by atoms with Crippen molar-refractivity contribution in [1.82, 2.24) is 5.32 Å². The summed E-state index contributed by atoms with van der Waals surface area (Å²) >= 11 is 6.31. The Hall–Kier alpha value is -0.730. The molecule has 0 bridgehead atoms. The monoisotopic (exact) mass is 269 g/mol. The standard InChI is InChI=1S/C15H24ClNO/c1-6-17-8-13-12(5)15(16)11(4)7-14(13)18-9-10(2)3/h7,10,17H,6,8-9H2,1-5H3. The van der Waals surface area contributed by atoms with Crippen LogP contribution in [0.1, 0.15) is 37.5 Å². The number of rotatable bonds is 6. The lowest BCUT2D eigenvalue weighted by atomic mass is 10.0. The van der Waals surface area contributed by atoms with Crippen molar-refractivity contribution in [3.63, 3.8) is 0 Å². The Labute approximate surface area is 116 Å². The number of nitrogens with one attached hydrogen (secondary N) is 1. The number of ether oxygens (including phenoxy) is 1. The molecular weight excluding hydrogens is 246 g/mol. The van der Waals surface area contributed by atoms with Gasteiger partial charge >= 0.3 is 0 Å². The van der Waals surface area contributed by atoms with Crippen LogP contribution in [0, 0.1) is 19.8 Å². The summed E-state index contributed by atoms with van der Waals surface area (Å²) in [5.41, 5.74) is 3.37. The van der Waals surface area contributed by atoms with Crippen molar-refractivity contribution in [2.45, 2.75) is 41.2 Å². The Morgan fingerprint density at radius 3 is 2.56 bits per heavy atom. The largest absolute Gasteiger partial charge is 0.493 e. The van der Waals surface area contributed by atoms with Crippen molar-refractivity contribution in [2.24, 2.45) is 5.92 Å². The minimum absolute atomic E-state index is 0.522. The van der Waals surface area contributed by atoms with Crippen LogP contribution in [0.3, 0.4) is 0 Å². The van der Waals surface area contributed by atoms with Crippen LogP contribution >= 0.6 is 11.6 Å². The number of halogens is 1. The van der Waals surface area contributed by atoms with E-state index in [2.05, 4.69) is 33.0 Å². The third kappa shape index (κ3) is 3.89. The SMILES string of the molecule is CCNCc1c(OCC(C)C)cc(C)c(Cl)c1C. The van der Waals surface area contributed by atoms with Crippen LogP contribution in [0.2, 0.25) is 5.02 Å². The highest BCUT2D eigenvalue weighted by Gasteiger charge is 2.13. The van der Waals surface area contributed by atoms with Gasteiger partial charge in [0.05, 0.1) is 6.61 Å². The first-order valence-corrected chi connectivity index (χ1v) is 6.97. The van der Waals surface area contributed by atoms with Gasteiger partial charge in [0.1, 0.15) is 5.75 Å². The number of benzene rings is 1. The Balaban J connectivity index is 3.04. The minimum atomic E-state index is 0.522. The summed E-state index contributed by atoms with van der Waals surface area (Å²) in [6.45, 7) is 13.0. The van der Waals surface area contributed by atoms with E-state index >= 15 is 0 Å². The number of aryl methyl sites for hydroxylation is 1. The highest BCUT2D eigenvalue weighted by molar-refractivity contribution is 6.32. The van der Waals surface area contributed by atoms with Crippen molar-refractivity contribution in [1.29, 1.82) is 0 Å². The lowest BCUT2D eigenvalue weighted by Gasteiger charge is -2.18. The molecule has 1 rings (SSSR count). The van der Waals surface area contributed by atoms with E-state index in [1.54, 1.807) is 0 Å². The lowest BCUT2D eigenvalue weighted by molar-refractivity contribution is 0.267. The molecule has 1 aromatic carbocycles. The summed E-state index contributed by atoms with van der Waals surface area (Å²) < 4.78 is 5.91. The molecule has 18 heavy (non-hydrogen) atoms. The molecule has 2 nitrogen and oxygen atoms in total. The average Bonchev–Trinajstić information content (AvgIpc) is 2.32. The highest BCUT2D eigenvalue weighted by atomic mass is 35.5. The Morgan fingerprint density at radius 1 is 1.33 bits per heavy atom. The predicted molar refractivity (Wildman–Crippen MR) is 78.6 cm³/mol. The van der Waals surface area contributed by atoms with Crippen molar-refractivity contribution in [2.75, 3.05) is 13.2 Å².